The molecule has 0 aliphatic heterocycles. The van der Waals surface area contributed by atoms with E-state index in [1.165, 1.54) is 34.8 Å². The Morgan fingerprint density at radius 2 is 1.68 bits per heavy atom. The molecule has 3 nitrogen and oxygen atoms in total. The molecule has 3 aromatic rings. The molecule has 0 fully saturated rings. The number of rotatable bonds is 5. The van der Waals surface area contributed by atoms with Crippen LogP contribution in [0.2, 0.25) is 0 Å². The molecule has 0 radical (unpaired) electrons. The zero-order chi connectivity index (χ0) is 15.4. The van der Waals surface area contributed by atoms with E-state index in [0.29, 0.717) is 6.54 Å². The fraction of sp³-hybridized carbons (Fsp3) is 0.176. The van der Waals surface area contributed by atoms with Crippen molar-refractivity contribution in [3.8, 4) is 0 Å². The highest BCUT2D eigenvalue weighted by atomic mass is 32.1. The molecule has 2 aromatic carbocycles. The van der Waals surface area contributed by atoms with E-state index in [-0.39, 0.29) is 5.82 Å². The zero-order valence-electron chi connectivity index (χ0n) is 12.2. The molecule has 0 saturated carbocycles. The Kier molecular flexibility index (Phi) is 4.44. The number of nitrogens with zero attached hydrogens (tertiary/aromatic N) is 2. The Morgan fingerprint density at radius 1 is 1.00 bits per heavy atom. The smallest absolute Gasteiger partial charge is 0.202 e. The van der Waals surface area contributed by atoms with Crippen molar-refractivity contribution in [1.29, 1.82) is 0 Å². The maximum Gasteiger partial charge on any atom is 0.202 e. The van der Waals surface area contributed by atoms with Crippen LogP contribution in [0, 0.1) is 12.7 Å². The summed E-state index contributed by atoms with van der Waals surface area (Å²) in [5.41, 5.74) is 3.46. The lowest BCUT2D eigenvalue weighted by Gasteiger charge is -2.02. The van der Waals surface area contributed by atoms with Gasteiger partial charge in [-0.1, -0.05) is 42.0 Å². The van der Waals surface area contributed by atoms with Gasteiger partial charge in [-0.25, -0.2) is 9.37 Å². The molecule has 0 saturated heterocycles. The van der Waals surface area contributed by atoms with Crippen molar-refractivity contribution in [2.45, 2.75) is 19.9 Å². The highest BCUT2D eigenvalue weighted by molar-refractivity contribution is 7.09. The first-order chi connectivity index (χ1) is 10.7. The number of anilines is 1. The molecule has 0 aliphatic carbocycles. The van der Waals surface area contributed by atoms with E-state index in [1.807, 2.05) is 0 Å². The van der Waals surface area contributed by atoms with Crippen LogP contribution in [0.15, 0.2) is 48.5 Å². The standard InChI is InChI=1S/C17H16FN3S/c1-12-2-4-13(5-3-12)10-16-20-17(22-21-16)19-11-14-6-8-15(18)9-7-14/h2-9H,10-11H2,1H3,(H,19,20,21). The first-order valence-electron chi connectivity index (χ1n) is 7.05. The van der Waals surface area contributed by atoms with Crippen molar-refractivity contribution >= 4 is 16.7 Å². The van der Waals surface area contributed by atoms with Crippen molar-refractivity contribution in [1.82, 2.24) is 9.36 Å². The number of aromatic nitrogens is 2. The van der Waals surface area contributed by atoms with Crippen LogP contribution >= 0.6 is 11.5 Å². The van der Waals surface area contributed by atoms with Crippen molar-refractivity contribution in [3.05, 3.63) is 76.9 Å². The zero-order valence-corrected chi connectivity index (χ0v) is 13.0. The molecule has 0 bridgehead atoms. The summed E-state index contributed by atoms with van der Waals surface area (Å²) < 4.78 is 17.2. The minimum atomic E-state index is -0.222. The number of halogens is 1. The van der Waals surface area contributed by atoms with Gasteiger partial charge in [-0.3, -0.25) is 0 Å². The molecule has 0 amide bonds. The minimum Gasteiger partial charge on any atom is -0.356 e. The number of nitrogens with one attached hydrogen (secondary N) is 1. The number of aryl methyl sites for hydroxylation is 1. The maximum atomic E-state index is 12.8. The van der Waals surface area contributed by atoms with E-state index in [9.17, 15) is 4.39 Å². The predicted octanol–water partition coefficient (Wildman–Crippen LogP) is 4.19. The molecule has 0 spiro atoms. The summed E-state index contributed by atoms with van der Waals surface area (Å²) in [4.78, 5) is 4.48. The summed E-state index contributed by atoms with van der Waals surface area (Å²) in [5.74, 6) is 0.593. The first kappa shape index (κ1) is 14.7. The summed E-state index contributed by atoms with van der Waals surface area (Å²) in [6, 6.07) is 14.8. The SMILES string of the molecule is Cc1ccc(Cc2nsc(NCc3ccc(F)cc3)n2)cc1. The van der Waals surface area contributed by atoms with E-state index in [1.54, 1.807) is 12.1 Å². The van der Waals surface area contributed by atoms with Gasteiger partial charge >= 0.3 is 0 Å². The summed E-state index contributed by atoms with van der Waals surface area (Å²) in [6.45, 7) is 2.68. The van der Waals surface area contributed by atoms with Crippen LogP contribution in [0.5, 0.6) is 0 Å². The van der Waals surface area contributed by atoms with E-state index < -0.39 is 0 Å². The fourth-order valence-corrected chi connectivity index (χ4v) is 2.65. The van der Waals surface area contributed by atoms with Gasteiger partial charge in [0, 0.05) is 24.5 Å². The van der Waals surface area contributed by atoms with Crippen LogP contribution in [-0.2, 0) is 13.0 Å². The van der Waals surface area contributed by atoms with Crippen LogP contribution in [0.3, 0.4) is 0 Å². The highest BCUT2D eigenvalue weighted by Crippen LogP contribution is 2.16. The van der Waals surface area contributed by atoms with Gasteiger partial charge in [-0.05, 0) is 30.2 Å². The summed E-state index contributed by atoms with van der Waals surface area (Å²) in [5, 5.41) is 4.00. The largest absolute Gasteiger partial charge is 0.356 e. The fourth-order valence-electron chi connectivity index (χ4n) is 2.07. The van der Waals surface area contributed by atoms with E-state index >= 15 is 0 Å². The van der Waals surface area contributed by atoms with Crippen molar-refractivity contribution in [3.63, 3.8) is 0 Å². The molecule has 0 atom stereocenters. The third-order valence-corrected chi connectivity index (χ3v) is 4.02. The molecule has 3 rings (SSSR count). The lowest BCUT2D eigenvalue weighted by molar-refractivity contribution is 0.627. The third kappa shape index (κ3) is 3.89. The highest BCUT2D eigenvalue weighted by Gasteiger charge is 2.05. The van der Waals surface area contributed by atoms with Crippen molar-refractivity contribution in [2.75, 3.05) is 5.32 Å². The van der Waals surface area contributed by atoms with Crippen LogP contribution in [-0.4, -0.2) is 9.36 Å². The average molecular weight is 313 g/mol. The van der Waals surface area contributed by atoms with Gasteiger partial charge in [0.25, 0.3) is 0 Å². The normalized spacial score (nSPS) is 10.6. The maximum absolute atomic E-state index is 12.8. The second kappa shape index (κ2) is 6.66. The van der Waals surface area contributed by atoms with Gasteiger partial charge in [0.1, 0.15) is 11.6 Å². The van der Waals surface area contributed by atoms with Crippen LogP contribution < -0.4 is 5.32 Å². The Balaban J connectivity index is 1.59. The lowest BCUT2D eigenvalue weighted by Crippen LogP contribution is -1.99. The predicted molar refractivity (Wildman–Crippen MR) is 87.6 cm³/mol. The Hall–Kier alpha value is -2.27. The van der Waals surface area contributed by atoms with E-state index in [4.69, 9.17) is 0 Å². The quantitative estimate of drug-likeness (QED) is 0.767. The molecular weight excluding hydrogens is 297 g/mol. The molecule has 0 unspecified atom stereocenters. The van der Waals surface area contributed by atoms with Crippen LogP contribution in [0.25, 0.3) is 0 Å². The van der Waals surface area contributed by atoms with Gasteiger partial charge in [0.15, 0.2) is 0 Å². The summed E-state index contributed by atoms with van der Waals surface area (Å²) in [6.07, 6.45) is 0.731. The van der Waals surface area contributed by atoms with Gasteiger partial charge in [-0.2, -0.15) is 4.37 Å². The number of hydrogen-bond donors (Lipinski definition) is 1. The third-order valence-electron chi connectivity index (χ3n) is 3.31. The van der Waals surface area contributed by atoms with Crippen molar-refractivity contribution < 1.29 is 4.39 Å². The summed E-state index contributed by atoms with van der Waals surface area (Å²) in [7, 11) is 0. The van der Waals surface area contributed by atoms with Gasteiger partial charge in [-0.15, -0.1) is 0 Å². The Labute approximate surface area is 133 Å². The molecule has 22 heavy (non-hydrogen) atoms. The molecule has 112 valence electrons. The molecule has 1 N–H and O–H groups in total. The van der Waals surface area contributed by atoms with Crippen LogP contribution in [0.1, 0.15) is 22.5 Å². The summed E-state index contributed by atoms with van der Waals surface area (Å²) >= 11 is 1.35. The second-order valence-corrected chi connectivity index (χ2v) is 5.91. The van der Waals surface area contributed by atoms with Gasteiger partial charge < -0.3 is 5.32 Å². The first-order valence-corrected chi connectivity index (χ1v) is 7.83. The molecule has 1 aromatic heterocycles. The van der Waals surface area contributed by atoms with Crippen molar-refractivity contribution in [2.24, 2.45) is 0 Å². The van der Waals surface area contributed by atoms with Crippen LogP contribution in [0.4, 0.5) is 9.52 Å². The number of benzene rings is 2. The molecule has 5 heteroatoms. The molecule has 0 aliphatic rings. The number of hydrogen-bond acceptors (Lipinski definition) is 4. The Bertz CT molecular complexity index is 735. The van der Waals surface area contributed by atoms with Gasteiger partial charge in [0.05, 0.1) is 0 Å². The Morgan fingerprint density at radius 3 is 2.41 bits per heavy atom. The van der Waals surface area contributed by atoms with Gasteiger partial charge in [0.2, 0.25) is 5.13 Å². The van der Waals surface area contributed by atoms with E-state index in [0.717, 1.165) is 22.9 Å². The topological polar surface area (TPSA) is 37.8 Å². The monoisotopic (exact) mass is 313 g/mol. The second-order valence-electron chi connectivity index (χ2n) is 5.16. The lowest BCUT2D eigenvalue weighted by atomic mass is 10.1. The molecule has 1 heterocycles. The molecular formula is C17H16FN3S. The average Bonchev–Trinajstić information content (AvgIpc) is 2.97. The van der Waals surface area contributed by atoms with E-state index in [2.05, 4.69) is 45.9 Å². The minimum absolute atomic E-state index is 0.222.